The fourth-order valence-electron chi connectivity index (χ4n) is 1.14. The van der Waals surface area contributed by atoms with Crippen molar-refractivity contribution in [2.45, 2.75) is 13.8 Å². The van der Waals surface area contributed by atoms with Gasteiger partial charge in [0.25, 0.3) is 0 Å². The number of ether oxygens (including phenoxy) is 1. The van der Waals surface area contributed by atoms with Gasteiger partial charge < -0.3 is 10.1 Å². The first-order chi connectivity index (χ1) is 6.74. The second kappa shape index (κ2) is 5.89. The third-order valence-corrected chi connectivity index (χ3v) is 2.17. The molecule has 2 nitrogen and oxygen atoms in total. The maximum absolute atomic E-state index is 5.86. The van der Waals surface area contributed by atoms with Crippen molar-refractivity contribution in [3.05, 3.63) is 28.8 Å². The summed E-state index contributed by atoms with van der Waals surface area (Å²) in [4.78, 5) is 0. The number of nitrogens with one attached hydrogen (secondary N) is 1. The Kier molecular flexibility index (Phi) is 4.77. The predicted molar refractivity (Wildman–Crippen MR) is 60.2 cm³/mol. The monoisotopic (exact) mass is 213 g/mol. The molecular formula is C11H16ClNO. The summed E-state index contributed by atoms with van der Waals surface area (Å²) < 4.78 is 5.57. The Labute approximate surface area is 90.2 Å². The Balaban J connectivity index is 2.45. The fourth-order valence-corrected chi connectivity index (χ4v) is 1.30. The molecule has 0 radical (unpaired) electrons. The molecule has 3 heteroatoms. The minimum absolute atomic E-state index is 0.676. The minimum Gasteiger partial charge on any atom is -0.492 e. The van der Waals surface area contributed by atoms with Crippen molar-refractivity contribution in [2.75, 3.05) is 19.7 Å². The fraction of sp³-hybridized carbons (Fsp3) is 0.455. The van der Waals surface area contributed by atoms with Crippen LogP contribution in [-0.4, -0.2) is 19.7 Å². The number of rotatable bonds is 5. The first-order valence-corrected chi connectivity index (χ1v) is 5.21. The van der Waals surface area contributed by atoms with Crippen LogP contribution >= 0.6 is 11.6 Å². The van der Waals surface area contributed by atoms with Gasteiger partial charge in [-0.3, -0.25) is 0 Å². The van der Waals surface area contributed by atoms with Gasteiger partial charge >= 0.3 is 0 Å². The van der Waals surface area contributed by atoms with Crippen molar-refractivity contribution in [1.29, 1.82) is 0 Å². The van der Waals surface area contributed by atoms with Crippen molar-refractivity contribution in [1.82, 2.24) is 5.32 Å². The lowest BCUT2D eigenvalue weighted by molar-refractivity contribution is 0.313. The van der Waals surface area contributed by atoms with Crippen molar-refractivity contribution in [2.24, 2.45) is 0 Å². The zero-order valence-corrected chi connectivity index (χ0v) is 9.40. The van der Waals surface area contributed by atoms with Crippen LogP contribution in [0.15, 0.2) is 18.2 Å². The van der Waals surface area contributed by atoms with Crippen LogP contribution in [0.25, 0.3) is 0 Å². The van der Waals surface area contributed by atoms with Gasteiger partial charge in [0.1, 0.15) is 12.4 Å². The zero-order chi connectivity index (χ0) is 10.4. The standard InChI is InChI=1S/C11H16ClNO/c1-3-13-6-7-14-11-8-10(12)5-4-9(11)2/h4-5,8,13H,3,6-7H2,1-2H3. The van der Waals surface area contributed by atoms with Gasteiger partial charge in [-0.15, -0.1) is 0 Å². The second-order valence-electron chi connectivity index (χ2n) is 3.11. The van der Waals surface area contributed by atoms with E-state index < -0.39 is 0 Å². The van der Waals surface area contributed by atoms with Gasteiger partial charge in [-0.1, -0.05) is 24.6 Å². The van der Waals surface area contributed by atoms with Gasteiger partial charge in [0.05, 0.1) is 0 Å². The van der Waals surface area contributed by atoms with Crippen LogP contribution in [0.5, 0.6) is 5.75 Å². The third kappa shape index (κ3) is 3.56. The highest BCUT2D eigenvalue weighted by Crippen LogP contribution is 2.22. The molecule has 0 aliphatic rings. The van der Waals surface area contributed by atoms with Crippen molar-refractivity contribution >= 4 is 11.6 Å². The average Bonchev–Trinajstić information content (AvgIpc) is 2.18. The molecule has 0 aliphatic carbocycles. The molecule has 0 aromatic heterocycles. The normalized spacial score (nSPS) is 10.2. The number of likely N-dealkylation sites (N-methyl/N-ethyl adjacent to an activating group) is 1. The molecule has 14 heavy (non-hydrogen) atoms. The van der Waals surface area contributed by atoms with Gasteiger partial charge in [-0.05, 0) is 31.2 Å². The summed E-state index contributed by atoms with van der Waals surface area (Å²) in [5.41, 5.74) is 1.12. The molecule has 1 rings (SSSR count). The SMILES string of the molecule is CCNCCOc1cc(Cl)ccc1C. The molecule has 78 valence electrons. The van der Waals surface area contributed by atoms with Gasteiger partial charge in [0, 0.05) is 11.6 Å². The molecule has 0 heterocycles. The van der Waals surface area contributed by atoms with Crippen molar-refractivity contribution in [3.8, 4) is 5.75 Å². The first kappa shape index (κ1) is 11.3. The van der Waals surface area contributed by atoms with Crippen LogP contribution in [-0.2, 0) is 0 Å². The molecule has 0 saturated heterocycles. The average molecular weight is 214 g/mol. The quantitative estimate of drug-likeness (QED) is 0.760. The molecule has 0 atom stereocenters. The summed E-state index contributed by atoms with van der Waals surface area (Å²) in [6.45, 7) is 6.60. The van der Waals surface area contributed by atoms with E-state index in [1.807, 2.05) is 25.1 Å². The lowest BCUT2D eigenvalue weighted by Crippen LogP contribution is -2.20. The number of hydrogen-bond donors (Lipinski definition) is 1. The topological polar surface area (TPSA) is 21.3 Å². The van der Waals surface area contributed by atoms with Crippen LogP contribution in [0.2, 0.25) is 5.02 Å². The van der Waals surface area contributed by atoms with Gasteiger partial charge in [0.2, 0.25) is 0 Å². The Bertz CT molecular complexity index is 289. The lowest BCUT2D eigenvalue weighted by atomic mass is 10.2. The summed E-state index contributed by atoms with van der Waals surface area (Å²) in [5, 5.41) is 3.91. The summed E-state index contributed by atoms with van der Waals surface area (Å²) in [6, 6.07) is 5.68. The van der Waals surface area contributed by atoms with Crippen molar-refractivity contribution in [3.63, 3.8) is 0 Å². The summed E-state index contributed by atoms with van der Waals surface area (Å²) >= 11 is 5.86. The molecule has 0 bridgehead atoms. The lowest BCUT2D eigenvalue weighted by Gasteiger charge is -2.09. The van der Waals surface area contributed by atoms with E-state index in [2.05, 4.69) is 12.2 Å². The van der Waals surface area contributed by atoms with E-state index in [1.54, 1.807) is 0 Å². The predicted octanol–water partition coefficient (Wildman–Crippen LogP) is 2.64. The van der Waals surface area contributed by atoms with Crippen molar-refractivity contribution < 1.29 is 4.74 Å². The highest BCUT2D eigenvalue weighted by molar-refractivity contribution is 6.30. The Morgan fingerprint density at radius 1 is 1.43 bits per heavy atom. The van der Waals surface area contributed by atoms with Crippen LogP contribution in [0.1, 0.15) is 12.5 Å². The van der Waals surface area contributed by atoms with Crippen LogP contribution in [0.4, 0.5) is 0 Å². The van der Waals surface area contributed by atoms with E-state index in [-0.39, 0.29) is 0 Å². The van der Waals surface area contributed by atoms with E-state index >= 15 is 0 Å². The van der Waals surface area contributed by atoms with Crippen LogP contribution in [0, 0.1) is 6.92 Å². The van der Waals surface area contributed by atoms with E-state index in [0.29, 0.717) is 11.6 Å². The number of hydrogen-bond acceptors (Lipinski definition) is 2. The summed E-state index contributed by atoms with van der Waals surface area (Å²) in [6.07, 6.45) is 0. The number of benzene rings is 1. The maximum atomic E-state index is 5.86. The maximum Gasteiger partial charge on any atom is 0.123 e. The highest BCUT2D eigenvalue weighted by atomic mass is 35.5. The zero-order valence-electron chi connectivity index (χ0n) is 8.64. The van der Waals surface area contributed by atoms with E-state index in [4.69, 9.17) is 16.3 Å². The molecule has 0 aliphatic heterocycles. The van der Waals surface area contributed by atoms with E-state index in [0.717, 1.165) is 24.4 Å². The molecule has 1 aromatic rings. The highest BCUT2D eigenvalue weighted by Gasteiger charge is 1.99. The van der Waals surface area contributed by atoms with Gasteiger partial charge in [-0.2, -0.15) is 0 Å². The Morgan fingerprint density at radius 3 is 2.93 bits per heavy atom. The van der Waals surface area contributed by atoms with Gasteiger partial charge in [-0.25, -0.2) is 0 Å². The Hall–Kier alpha value is -0.730. The molecule has 1 N–H and O–H groups in total. The molecule has 0 spiro atoms. The molecule has 0 unspecified atom stereocenters. The summed E-state index contributed by atoms with van der Waals surface area (Å²) in [5.74, 6) is 0.871. The second-order valence-corrected chi connectivity index (χ2v) is 3.55. The molecule has 0 amide bonds. The molecular weight excluding hydrogens is 198 g/mol. The summed E-state index contributed by atoms with van der Waals surface area (Å²) in [7, 11) is 0. The largest absolute Gasteiger partial charge is 0.492 e. The van der Waals surface area contributed by atoms with E-state index in [9.17, 15) is 0 Å². The molecule has 0 saturated carbocycles. The molecule has 0 fully saturated rings. The Morgan fingerprint density at radius 2 is 2.21 bits per heavy atom. The number of aryl methyl sites for hydroxylation is 1. The van der Waals surface area contributed by atoms with Gasteiger partial charge in [0.15, 0.2) is 0 Å². The smallest absolute Gasteiger partial charge is 0.123 e. The number of halogens is 1. The van der Waals surface area contributed by atoms with Crippen LogP contribution in [0.3, 0.4) is 0 Å². The van der Waals surface area contributed by atoms with Crippen LogP contribution < -0.4 is 10.1 Å². The first-order valence-electron chi connectivity index (χ1n) is 4.83. The minimum atomic E-state index is 0.676. The van der Waals surface area contributed by atoms with E-state index in [1.165, 1.54) is 0 Å². The molecule has 1 aromatic carbocycles. The third-order valence-electron chi connectivity index (χ3n) is 1.94.